The normalized spacial score (nSPS) is 16.6. The molecule has 0 aliphatic carbocycles. The van der Waals surface area contributed by atoms with E-state index < -0.39 is 5.60 Å². The van der Waals surface area contributed by atoms with Crippen molar-refractivity contribution in [3.05, 3.63) is 71.0 Å². The van der Waals surface area contributed by atoms with Crippen molar-refractivity contribution in [2.75, 3.05) is 6.54 Å². The van der Waals surface area contributed by atoms with E-state index in [1.165, 1.54) is 6.07 Å². The maximum absolute atomic E-state index is 13.7. The summed E-state index contributed by atoms with van der Waals surface area (Å²) in [7, 11) is 0. The molecular formula is C19H20FNO2. The first-order valence-corrected chi connectivity index (χ1v) is 7.79. The fraction of sp³-hybridized carbons (Fsp3) is 0.316. The summed E-state index contributed by atoms with van der Waals surface area (Å²) >= 11 is 0. The van der Waals surface area contributed by atoms with Gasteiger partial charge in [0, 0.05) is 13.1 Å². The molecule has 2 aromatic rings. The molecule has 1 amide bonds. The van der Waals surface area contributed by atoms with E-state index in [-0.39, 0.29) is 18.1 Å². The van der Waals surface area contributed by atoms with Crippen LogP contribution in [0.3, 0.4) is 0 Å². The number of nitrogens with zero attached hydrogens (tertiary/aromatic N) is 1. The lowest BCUT2D eigenvalue weighted by Gasteiger charge is -2.32. The Morgan fingerprint density at radius 1 is 1.22 bits per heavy atom. The molecule has 120 valence electrons. The predicted octanol–water partition coefficient (Wildman–Crippen LogP) is 3.01. The van der Waals surface area contributed by atoms with Crippen LogP contribution in [0.4, 0.5) is 4.39 Å². The molecule has 1 heterocycles. The molecule has 2 aromatic carbocycles. The van der Waals surface area contributed by atoms with Crippen LogP contribution in [0.25, 0.3) is 0 Å². The second-order valence-electron chi connectivity index (χ2n) is 6.26. The lowest BCUT2D eigenvalue weighted by Crippen LogP contribution is -2.40. The van der Waals surface area contributed by atoms with Crippen molar-refractivity contribution in [2.45, 2.75) is 31.9 Å². The zero-order valence-corrected chi connectivity index (χ0v) is 13.1. The minimum absolute atomic E-state index is 0.0155. The van der Waals surface area contributed by atoms with E-state index in [1.54, 1.807) is 17.9 Å². The van der Waals surface area contributed by atoms with Crippen LogP contribution in [0.5, 0.6) is 0 Å². The van der Waals surface area contributed by atoms with Gasteiger partial charge >= 0.3 is 0 Å². The Hall–Kier alpha value is -2.20. The Labute approximate surface area is 135 Å². The molecule has 0 saturated carbocycles. The first-order valence-electron chi connectivity index (χ1n) is 7.79. The van der Waals surface area contributed by atoms with Crippen LogP contribution in [-0.4, -0.2) is 22.5 Å². The van der Waals surface area contributed by atoms with E-state index in [9.17, 15) is 14.3 Å². The fourth-order valence-corrected chi connectivity index (χ4v) is 3.08. The van der Waals surface area contributed by atoms with Crippen LogP contribution in [0, 0.1) is 5.82 Å². The quantitative estimate of drug-likeness (QED) is 0.946. The molecule has 1 aliphatic rings. The molecule has 3 nitrogen and oxygen atoms in total. The van der Waals surface area contributed by atoms with Crippen LogP contribution in [-0.2, 0) is 23.4 Å². The molecule has 0 saturated heterocycles. The number of halogens is 1. The van der Waals surface area contributed by atoms with Crippen molar-refractivity contribution in [1.82, 2.24) is 4.90 Å². The highest BCUT2D eigenvalue weighted by Gasteiger charge is 2.30. The summed E-state index contributed by atoms with van der Waals surface area (Å²) < 4.78 is 13.7. The molecule has 1 aliphatic heterocycles. The van der Waals surface area contributed by atoms with Gasteiger partial charge in [0.25, 0.3) is 0 Å². The zero-order valence-electron chi connectivity index (χ0n) is 13.1. The lowest BCUT2D eigenvalue weighted by atomic mass is 9.91. The Morgan fingerprint density at radius 3 is 2.70 bits per heavy atom. The number of fused-ring (bicyclic) bond motifs is 1. The maximum atomic E-state index is 13.7. The number of benzene rings is 2. The van der Waals surface area contributed by atoms with Gasteiger partial charge in [-0.2, -0.15) is 0 Å². The zero-order chi connectivity index (χ0) is 16.4. The smallest absolute Gasteiger partial charge is 0.226 e. The molecule has 0 spiro atoms. The average molecular weight is 313 g/mol. The van der Waals surface area contributed by atoms with Gasteiger partial charge in [-0.15, -0.1) is 0 Å². The van der Waals surface area contributed by atoms with E-state index in [0.717, 1.165) is 11.1 Å². The number of carbonyl (C=O) groups is 1. The Bertz CT molecular complexity index is 713. The van der Waals surface area contributed by atoms with Gasteiger partial charge in [0.15, 0.2) is 0 Å². The fourth-order valence-electron chi connectivity index (χ4n) is 3.08. The van der Waals surface area contributed by atoms with Crippen molar-refractivity contribution in [3.63, 3.8) is 0 Å². The molecule has 0 radical (unpaired) electrons. The van der Waals surface area contributed by atoms with Gasteiger partial charge in [-0.1, -0.05) is 42.5 Å². The highest BCUT2D eigenvalue weighted by molar-refractivity contribution is 5.77. The molecule has 0 bridgehead atoms. The molecule has 1 N–H and O–H groups in total. The molecule has 0 unspecified atom stereocenters. The first kappa shape index (κ1) is 15.7. The molecule has 0 aromatic heterocycles. The largest absolute Gasteiger partial charge is 0.385 e. The van der Waals surface area contributed by atoms with Crippen LogP contribution >= 0.6 is 0 Å². The van der Waals surface area contributed by atoms with E-state index in [1.807, 2.05) is 36.4 Å². The maximum Gasteiger partial charge on any atom is 0.226 e. The van der Waals surface area contributed by atoms with Gasteiger partial charge in [0.2, 0.25) is 5.91 Å². The predicted molar refractivity (Wildman–Crippen MR) is 86.2 cm³/mol. The summed E-state index contributed by atoms with van der Waals surface area (Å²) in [6.07, 6.45) is 0.531. The van der Waals surface area contributed by atoms with Gasteiger partial charge in [-0.25, -0.2) is 4.39 Å². The molecular weight excluding hydrogens is 293 g/mol. The number of carbonyl (C=O) groups excluding carboxylic acids is 1. The van der Waals surface area contributed by atoms with E-state index in [4.69, 9.17) is 0 Å². The third-order valence-electron chi connectivity index (χ3n) is 4.45. The highest BCUT2D eigenvalue weighted by atomic mass is 19.1. The van der Waals surface area contributed by atoms with Crippen LogP contribution in [0.1, 0.15) is 30.0 Å². The average Bonchev–Trinajstić information content (AvgIpc) is 2.55. The molecule has 4 heteroatoms. The third kappa shape index (κ3) is 3.27. The van der Waals surface area contributed by atoms with Crippen LogP contribution in [0.2, 0.25) is 0 Å². The highest BCUT2D eigenvalue weighted by Crippen LogP contribution is 2.27. The summed E-state index contributed by atoms with van der Waals surface area (Å²) in [5.41, 5.74) is 1.06. The standard InChI is InChI=1S/C19H20FNO2/c1-19(23,15-7-3-2-4-8-15)12-18(22)21-11-10-16-14(13-21)6-5-9-17(16)20/h2-9,23H,10-13H2,1H3/t19-/m1/s1. The SMILES string of the molecule is C[C@@](O)(CC(=O)N1CCc2c(F)cccc2C1)c1ccccc1. The summed E-state index contributed by atoms with van der Waals surface area (Å²) in [5.74, 6) is -0.320. The number of rotatable bonds is 3. The second kappa shape index (κ2) is 6.13. The molecule has 3 rings (SSSR count). The van der Waals surface area contributed by atoms with Crippen LogP contribution in [0.15, 0.2) is 48.5 Å². The second-order valence-corrected chi connectivity index (χ2v) is 6.26. The number of aliphatic hydroxyl groups is 1. The van der Waals surface area contributed by atoms with Gasteiger partial charge < -0.3 is 10.0 Å². The Kier molecular flexibility index (Phi) is 4.18. The summed E-state index contributed by atoms with van der Waals surface area (Å²) in [6, 6.07) is 14.2. The number of hydrogen-bond acceptors (Lipinski definition) is 2. The van der Waals surface area contributed by atoms with Gasteiger partial charge in [-0.3, -0.25) is 4.79 Å². The molecule has 23 heavy (non-hydrogen) atoms. The van der Waals surface area contributed by atoms with Crippen molar-refractivity contribution in [1.29, 1.82) is 0 Å². The Balaban J connectivity index is 1.72. The van der Waals surface area contributed by atoms with E-state index in [0.29, 0.717) is 25.1 Å². The monoisotopic (exact) mass is 313 g/mol. The summed E-state index contributed by atoms with van der Waals surface area (Å²) in [4.78, 5) is 14.2. The lowest BCUT2D eigenvalue weighted by molar-refractivity contribution is -0.137. The molecule has 0 fully saturated rings. The van der Waals surface area contributed by atoms with E-state index >= 15 is 0 Å². The minimum atomic E-state index is -1.21. The van der Waals surface area contributed by atoms with Crippen molar-refractivity contribution >= 4 is 5.91 Å². The number of amides is 1. The van der Waals surface area contributed by atoms with Gasteiger partial charge in [-0.05, 0) is 36.1 Å². The summed E-state index contributed by atoms with van der Waals surface area (Å²) in [5, 5.41) is 10.6. The van der Waals surface area contributed by atoms with Gasteiger partial charge in [0.05, 0.1) is 12.0 Å². The van der Waals surface area contributed by atoms with Crippen LogP contribution < -0.4 is 0 Å². The van der Waals surface area contributed by atoms with Crippen molar-refractivity contribution in [3.8, 4) is 0 Å². The summed E-state index contributed by atoms with van der Waals surface area (Å²) in [6.45, 7) is 2.53. The van der Waals surface area contributed by atoms with E-state index in [2.05, 4.69) is 0 Å². The Morgan fingerprint density at radius 2 is 1.96 bits per heavy atom. The minimum Gasteiger partial charge on any atom is -0.385 e. The van der Waals surface area contributed by atoms with Crippen molar-refractivity contribution in [2.24, 2.45) is 0 Å². The topological polar surface area (TPSA) is 40.5 Å². The first-order chi connectivity index (χ1) is 11.0. The molecule has 1 atom stereocenters. The van der Waals surface area contributed by atoms with Crippen molar-refractivity contribution < 1.29 is 14.3 Å². The van der Waals surface area contributed by atoms with Gasteiger partial charge in [0.1, 0.15) is 5.82 Å². The third-order valence-corrected chi connectivity index (χ3v) is 4.45. The number of hydrogen-bond donors (Lipinski definition) is 1.